The van der Waals surface area contributed by atoms with Crippen molar-refractivity contribution < 1.29 is 18.7 Å². The van der Waals surface area contributed by atoms with Crippen LogP contribution in [0.25, 0.3) is 0 Å². The van der Waals surface area contributed by atoms with Crippen LogP contribution in [0.15, 0.2) is 42.5 Å². The lowest BCUT2D eigenvalue weighted by Crippen LogP contribution is -2.33. The lowest BCUT2D eigenvalue weighted by atomic mass is 10.1. The van der Waals surface area contributed by atoms with E-state index < -0.39 is 0 Å². The molecule has 1 N–H and O–H groups in total. The normalized spacial score (nSPS) is 13.7. The summed E-state index contributed by atoms with van der Waals surface area (Å²) in [6.07, 6.45) is 1.09. The minimum absolute atomic E-state index is 0.0289. The maximum atomic E-state index is 13.0. The van der Waals surface area contributed by atoms with Gasteiger partial charge in [-0.15, -0.1) is 0 Å². The van der Waals surface area contributed by atoms with Gasteiger partial charge in [-0.1, -0.05) is 26.0 Å². The Morgan fingerprint density at radius 1 is 1.21 bits per heavy atom. The molecule has 0 radical (unpaired) electrons. The molecule has 0 saturated carbocycles. The first kappa shape index (κ1) is 19.9. The molecule has 1 aliphatic rings. The fourth-order valence-electron chi connectivity index (χ4n) is 3.06. The van der Waals surface area contributed by atoms with Crippen molar-refractivity contribution in [2.75, 3.05) is 18.5 Å². The van der Waals surface area contributed by atoms with E-state index in [9.17, 15) is 14.0 Å². The summed E-state index contributed by atoms with van der Waals surface area (Å²) in [4.78, 5) is 26.4. The third kappa shape index (κ3) is 5.31. The van der Waals surface area contributed by atoms with Crippen LogP contribution in [0.2, 0.25) is 0 Å². The van der Waals surface area contributed by atoms with E-state index in [1.165, 1.54) is 12.1 Å². The van der Waals surface area contributed by atoms with Crippen molar-refractivity contribution in [3.05, 3.63) is 59.4 Å². The van der Waals surface area contributed by atoms with Crippen LogP contribution < -0.4 is 10.1 Å². The summed E-state index contributed by atoms with van der Waals surface area (Å²) in [5.74, 6) is 0.629. The molecule has 5 nitrogen and oxygen atoms in total. The number of anilines is 1. The second-order valence-electron chi connectivity index (χ2n) is 7.46. The first-order valence-electron chi connectivity index (χ1n) is 9.48. The van der Waals surface area contributed by atoms with Gasteiger partial charge in [0.2, 0.25) is 5.91 Å². The molecular weight excluding hydrogens is 359 g/mol. The highest BCUT2D eigenvalue weighted by Crippen LogP contribution is 2.27. The summed E-state index contributed by atoms with van der Waals surface area (Å²) in [5, 5.41) is 2.86. The third-order valence-corrected chi connectivity index (χ3v) is 4.66. The molecule has 148 valence electrons. The van der Waals surface area contributed by atoms with Gasteiger partial charge in [-0.2, -0.15) is 0 Å². The zero-order chi connectivity index (χ0) is 20.1. The Bertz CT molecular complexity index is 849. The van der Waals surface area contributed by atoms with Crippen molar-refractivity contribution in [1.82, 2.24) is 4.90 Å². The number of ether oxygens (including phenoxy) is 1. The summed E-state index contributed by atoms with van der Waals surface area (Å²) >= 11 is 0. The van der Waals surface area contributed by atoms with Crippen molar-refractivity contribution in [2.45, 2.75) is 33.2 Å². The summed E-state index contributed by atoms with van der Waals surface area (Å²) in [5.41, 5.74) is 2.25. The van der Waals surface area contributed by atoms with Crippen LogP contribution in [0.5, 0.6) is 5.75 Å². The van der Waals surface area contributed by atoms with Gasteiger partial charge in [0.05, 0.1) is 6.42 Å². The number of rotatable bonds is 6. The van der Waals surface area contributed by atoms with Crippen molar-refractivity contribution >= 4 is 17.5 Å². The van der Waals surface area contributed by atoms with Crippen molar-refractivity contribution in [1.29, 1.82) is 0 Å². The predicted molar refractivity (Wildman–Crippen MR) is 106 cm³/mol. The fraction of sp³-hybridized carbons (Fsp3) is 0.364. The molecule has 0 unspecified atom stereocenters. The molecule has 2 aromatic carbocycles. The minimum atomic E-state index is -0.327. The zero-order valence-electron chi connectivity index (χ0n) is 16.2. The Kier molecular flexibility index (Phi) is 6.29. The fourth-order valence-corrected chi connectivity index (χ4v) is 3.06. The topological polar surface area (TPSA) is 58.6 Å². The van der Waals surface area contributed by atoms with Crippen LogP contribution in [0.1, 0.15) is 31.4 Å². The number of halogens is 1. The number of hydrogen-bond acceptors (Lipinski definition) is 3. The van der Waals surface area contributed by atoms with Gasteiger partial charge in [0.1, 0.15) is 11.6 Å². The average molecular weight is 384 g/mol. The molecule has 0 aliphatic carbocycles. The Balaban J connectivity index is 1.68. The number of nitrogens with one attached hydrogen (secondary N) is 1. The van der Waals surface area contributed by atoms with E-state index in [1.807, 2.05) is 6.07 Å². The van der Waals surface area contributed by atoms with Crippen molar-refractivity contribution in [3.8, 4) is 5.75 Å². The first-order chi connectivity index (χ1) is 13.4. The van der Waals surface area contributed by atoms with E-state index in [-0.39, 0.29) is 30.7 Å². The molecule has 2 aromatic rings. The highest BCUT2D eigenvalue weighted by atomic mass is 19.1. The van der Waals surface area contributed by atoms with Gasteiger partial charge >= 0.3 is 0 Å². The van der Waals surface area contributed by atoms with Crippen molar-refractivity contribution in [2.24, 2.45) is 5.92 Å². The zero-order valence-corrected chi connectivity index (χ0v) is 16.2. The van der Waals surface area contributed by atoms with Crippen LogP contribution >= 0.6 is 0 Å². The maximum Gasteiger partial charge on any atom is 0.260 e. The molecule has 0 bridgehead atoms. The van der Waals surface area contributed by atoms with Crippen LogP contribution in [0, 0.1) is 11.7 Å². The predicted octanol–water partition coefficient (Wildman–Crippen LogP) is 3.77. The summed E-state index contributed by atoms with van der Waals surface area (Å²) in [6.45, 7) is 5.42. The lowest BCUT2D eigenvalue weighted by Gasteiger charge is -2.21. The molecule has 1 heterocycles. The SMILES string of the molecule is CC(C)CCN1Cc2cc(NC(=O)Cc3ccc(F)cc3)ccc2OCC1=O. The van der Waals surface area contributed by atoms with Crippen LogP contribution in [0.3, 0.4) is 0 Å². The third-order valence-electron chi connectivity index (χ3n) is 4.66. The number of carbonyl (C=O) groups is 2. The number of amides is 2. The second kappa shape index (κ2) is 8.87. The van der Waals surface area contributed by atoms with E-state index in [4.69, 9.17) is 4.74 Å². The molecule has 0 spiro atoms. The monoisotopic (exact) mass is 384 g/mol. The number of carbonyl (C=O) groups excluding carboxylic acids is 2. The van der Waals surface area contributed by atoms with E-state index in [0.717, 1.165) is 17.5 Å². The molecular formula is C22H25FN2O3. The van der Waals surface area contributed by atoms with Gasteiger partial charge in [0, 0.05) is 24.3 Å². The van der Waals surface area contributed by atoms with Gasteiger partial charge in [-0.3, -0.25) is 9.59 Å². The molecule has 28 heavy (non-hydrogen) atoms. The first-order valence-corrected chi connectivity index (χ1v) is 9.48. The van der Waals surface area contributed by atoms with E-state index in [0.29, 0.717) is 30.4 Å². The van der Waals surface area contributed by atoms with E-state index >= 15 is 0 Å². The molecule has 1 aliphatic heterocycles. The number of benzene rings is 2. The quantitative estimate of drug-likeness (QED) is 0.825. The minimum Gasteiger partial charge on any atom is -0.483 e. The highest BCUT2D eigenvalue weighted by molar-refractivity contribution is 5.92. The number of hydrogen-bond donors (Lipinski definition) is 1. The molecule has 0 fully saturated rings. The summed E-state index contributed by atoms with van der Waals surface area (Å²) in [6, 6.07) is 11.3. The molecule has 0 atom stereocenters. The Hall–Kier alpha value is -2.89. The highest BCUT2D eigenvalue weighted by Gasteiger charge is 2.22. The summed E-state index contributed by atoms with van der Waals surface area (Å²) < 4.78 is 18.6. The Labute approximate surface area is 164 Å². The molecule has 0 aromatic heterocycles. The number of nitrogens with zero attached hydrogens (tertiary/aromatic N) is 1. The van der Waals surface area contributed by atoms with Gasteiger partial charge < -0.3 is 15.0 Å². The standard InChI is InChI=1S/C22H25FN2O3/c1-15(2)9-10-25-13-17-12-19(7-8-20(17)28-14-22(25)27)24-21(26)11-16-3-5-18(23)6-4-16/h3-8,12,15H,9-11,13-14H2,1-2H3,(H,24,26). The van der Waals surface area contributed by atoms with Gasteiger partial charge in [0.15, 0.2) is 6.61 Å². The molecule has 2 amide bonds. The van der Waals surface area contributed by atoms with Crippen LogP contribution in [0.4, 0.5) is 10.1 Å². The number of fused-ring (bicyclic) bond motifs is 1. The summed E-state index contributed by atoms with van der Waals surface area (Å²) in [7, 11) is 0. The molecule has 3 rings (SSSR count). The maximum absolute atomic E-state index is 13.0. The van der Waals surface area contributed by atoms with Gasteiger partial charge in [-0.05, 0) is 48.2 Å². The van der Waals surface area contributed by atoms with Crippen LogP contribution in [-0.2, 0) is 22.6 Å². The molecule has 0 saturated heterocycles. The second-order valence-corrected chi connectivity index (χ2v) is 7.46. The van der Waals surface area contributed by atoms with Crippen molar-refractivity contribution in [3.63, 3.8) is 0 Å². The van der Waals surface area contributed by atoms with Crippen LogP contribution in [-0.4, -0.2) is 29.9 Å². The lowest BCUT2D eigenvalue weighted by molar-refractivity contribution is -0.133. The van der Waals surface area contributed by atoms with E-state index in [2.05, 4.69) is 19.2 Å². The van der Waals surface area contributed by atoms with Gasteiger partial charge in [0.25, 0.3) is 5.91 Å². The smallest absolute Gasteiger partial charge is 0.260 e. The van der Waals surface area contributed by atoms with E-state index in [1.54, 1.807) is 29.2 Å². The Morgan fingerprint density at radius 2 is 1.96 bits per heavy atom. The van der Waals surface area contributed by atoms with Gasteiger partial charge in [-0.25, -0.2) is 4.39 Å². The average Bonchev–Trinajstić information content (AvgIpc) is 2.80. The largest absolute Gasteiger partial charge is 0.483 e. The Morgan fingerprint density at radius 3 is 2.68 bits per heavy atom. The molecule has 6 heteroatoms.